The molecule has 4 aliphatic rings. The Labute approximate surface area is 185 Å². The van der Waals surface area contributed by atoms with Gasteiger partial charge in [0.25, 0.3) is 0 Å². The van der Waals surface area contributed by atoms with E-state index < -0.39 is 0 Å². The minimum absolute atomic E-state index is 0.149. The maximum atomic E-state index is 6.25. The van der Waals surface area contributed by atoms with Gasteiger partial charge in [-0.2, -0.15) is 0 Å². The third-order valence-electron chi connectivity index (χ3n) is 8.69. The van der Waals surface area contributed by atoms with Gasteiger partial charge >= 0.3 is 0 Å². The molecule has 0 spiro atoms. The summed E-state index contributed by atoms with van der Waals surface area (Å²) < 4.78 is 6.25. The van der Waals surface area contributed by atoms with Crippen molar-refractivity contribution in [2.24, 2.45) is 11.8 Å². The second-order valence-electron chi connectivity index (χ2n) is 11.8. The number of allylic oxidation sites excluding steroid dienone is 2. The van der Waals surface area contributed by atoms with E-state index in [2.05, 4.69) is 84.9 Å². The van der Waals surface area contributed by atoms with Crippen molar-refractivity contribution < 1.29 is 4.74 Å². The van der Waals surface area contributed by atoms with Crippen LogP contribution in [-0.4, -0.2) is 11.7 Å². The van der Waals surface area contributed by atoms with Crippen LogP contribution in [0.1, 0.15) is 95.4 Å². The van der Waals surface area contributed by atoms with Gasteiger partial charge in [-0.15, -0.1) is 0 Å². The average Bonchev–Trinajstić information content (AvgIpc) is 3.00. The second-order valence-corrected chi connectivity index (χ2v) is 11.8. The van der Waals surface area contributed by atoms with Crippen LogP contribution in [0.3, 0.4) is 0 Å². The summed E-state index contributed by atoms with van der Waals surface area (Å²) in [6, 6.07) is 4.84. The summed E-state index contributed by atoms with van der Waals surface area (Å²) in [5.74, 6) is 1.55. The topological polar surface area (TPSA) is 9.23 Å². The van der Waals surface area contributed by atoms with Crippen molar-refractivity contribution in [1.29, 1.82) is 0 Å². The molecule has 3 aliphatic carbocycles. The summed E-state index contributed by atoms with van der Waals surface area (Å²) >= 11 is 0. The third kappa shape index (κ3) is 3.83. The lowest BCUT2D eigenvalue weighted by Gasteiger charge is -2.42. The van der Waals surface area contributed by atoms with Crippen molar-refractivity contribution in [1.82, 2.24) is 0 Å². The molecule has 0 saturated carbocycles. The zero-order valence-corrected chi connectivity index (χ0v) is 20.3. The molecule has 1 heterocycles. The molecule has 4 atom stereocenters. The first kappa shape index (κ1) is 21.9. The first-order valence-corrected chi connectivity index (χ1v) is 12.1. The summed E-state index contributed by atoms with van der Waals surface area (Å²) in [6.45, 7) is 16.3. The molecule has 0 N–H and O–H groups in total. The molecule has 164 valence electrons. The van der Waals surface area contributed by atoms with Crippen LogP contribution in [0.2, 0.25) is 0 Å². The van der Waals surface area contributed by atoms with Gasteiger partial charge in [0, 0.05) is 0 Å². The van der Waals surface area contributed by atoms with Crippen LogP contribution in [-0.2, 0) is 15.6 Å². The Bertz CT molecular complexity index is 814. The van der Waals surface area contributed by atoms with E-state index in [-0.39, 0.29) is 5.60 Å². The summed E-state index contributed by atoms with van der Waals surface area (Å²) in [5, 5.41) is 0. The van der Waals surface area contributed by atoms with Gasteiger partial charge in [0.05, 0.1) is 11.7 Å². The minimum atomic E-state index is 0.149. The van der Waals surface area contributed by atoms with E-state index in [0.29, 0.717) is 16.9 Å². The summed E-state index contributed by atoms with van der Waals surface area (Å²) in [4.78, 5) is 0. The molecule has 0 aromatic heterocycles. The summed E-state index contributed by atoms with van der Waals surface area (Å²) in [5.41, 5.74) is 6.87. The SMILES string of the molecule is CC12CC=CCC1C1CC=CCC1O2.Cc1cc2c(cc1C)C(C)(C)CCC2(C)C. The molecule has 0 amide bonds. The molecule has 1 aromatic rings. The quantitative estimate of drug-likeness (QED) is 0.401. The van der Waals surface area contributed by atoms with E-state index in [1.54, 1.807) is 11.1 Å². The average molecular weight is 407 g/mol. The van der Waals surface area contributed by atoms with Crippen LogP contribution in [0, 0.1) is 25.7 Å². The molecule has 30 heavy (non-hydrogen) atoms. The van der Waals surface area contributed by atoms with Gasteiger partial charge in [0.15, 0.2) is 0 Å². The van der Waals surface area contributed by atoms with E-state index in [4.69, 9.17) is 4.74 Å². The lowest BCUT2D eigenvalue weighted by atomic mass is 9.62. The van der Waals surface area contributed by atoms with Crippen molar-refractivity contribution in [3.63, 3.8) is 0 Å². The van der Waals surface area contributed by atoms with Crippen molar-refractivity contribution in [3.8, 4) is 0 Å². The van der Waals surface area contributed by atoms with Gasteiger partial charge in [-0.25, -0.2) is 0 Å². The summed E-state index contributed by atoms with van der Waals surface area (Å²) in [6.07, 6.45) is 17.1. The molecule has 1 nitrogen and oxygen atoms in total. The van der Waals surface area contributed by atoms with E-state index in [1.165, 1.54) is 36.8 Å². The van der Waals surface area contributed by atoms with Crippen LogP contribution >= 0.6 is 0 Å². The molecule has 1 aromatic carbocycles. The Kier molecular flexibility index (Phi) is 5.59. The molecule has 1 aliphatic heterocycles. The Morgan fingerprint density at radius 2 is 1.27 bits per heavy atom. The smallest absolute Gasteiger partial charge is 0.0727 e. The highest BCUT2D eigenvalue weighted by Crippen LogP contribution is 2.50. The maximum absolute atomic E-state index is 6.25. The van der Waals surface area contributed by atoms with Gasteiger partial charge in [-0.3, -0.25) is 0 Å². The molecule has 1 fully saturated rings. The first-order chi connectivity index (χ1) is 14.0. The highest BCUT2D eigenvalue weighted by Gasteiger charge is 2.51. The van der Waals surface area contributed by atoms with E-state index in [0.717, 1.165) is 24.7 Å². The summed E-state index contributed by atoms with van der Waals surface area (Å²) in [7, 11) is 0. The molecular weight excluding hydrogens is 364 g/mol. The van der Waals surface area contributed by atoms with Crippen LogP contribution in [0.4, 0.5) is 0 Å². The van der Waals surface area contributed by atoms with Crippen LogP contribution in [0.25, 0.3) is 0 Å². The predicted molar refractivity (Wildman–Crippen MR) is 128 cm³/mol. The normalized spacial score (nSPS) is 35.0. The first-order valence-electron chi connectivity index (χ1n) is 12.1. The molecule has 0 radical (unpaired) electrons. The number of hydrogen-bond donors (Lipinski definition) is 0. The van der Waals surface area contributed by atoms with Crippen molar-refractivity contribution >= 4 is 0 Å². The van der Waals surface area contributed by atoms with Gasteiger partial charge in [0.2, 0.25) is 0 Å². The number of rotatable bonds is 0. The van der Waals surface area contributed by atoms with E-state index >= 15 is 0 Å². The van der Waals surface area contributed by atoms with E-state index in [9.17, 15) is 0 Å². The Morgan fingerprint density at radius 3 is 1.87 bits per heavy atom. The van der Waals surface area contributed by atoms with Gasteiger partial charge in [0.1, 0.15) is 0 Å². The lowest BCUT2D eigenvalue weighted by molar-refractivity contribution is -0.0453. The van der Waals surface area contributed by atoms with Crippen molar-refractivity contribution in [2.45, 2.75) is 110 Å². The number of aryl methyl sites for hydroxylation is 2. The molecule has 0 bridgehead atoms. The van der Waals surface area contributed by atoms with Crippen molar-refractivity contribution in [2.75, 3.05) is 0 Å². The second kappa shape index (κ2) is 7.66. The molecule has 1 heteroatoms. The highest BCUT2D eigenvalue weighted by molar-refractivity contribution is 5.46. The van der Waals surface area contributed by atoms with Gasteiger partial charge < -0.3 is 4.74 Å². The number of benzene rings is 1. The third-order valence-corrected chi connectivity index (χ3v) is 8.69. The minimum Gasteiger partial charge on any atom is -0.371 e. The fraction of sp³-hybridized carbons (Fsp3) is 0.655. The maximum Gasteiger partial charge on any atom is 0.0727 e. The Balaban J connectivity index is 0.000000146. The number of fused-ring (bicyclic) bond motifs is 4. The van der Waals surface area contributed by atoms with Crippen LogP contribution < -0.4 is 0 Å². The van der Waals surface area contributed by atoms with E-state index in [1.807, 2.05) is 0 Å². The molecule has 4 unspecified atom stereocenters. The largest absolute Gasteiger partial charge is 0.371 e. The molecule has 5 rings (SSSR count). The monoisotopic (exact) mass is 406 g/mol. The predicted octanol–water partition coefficient (Wildman–Crippen LogP) is 7.73. The van der Waals surface area contributed by atoms with Gasteiger partial charge in [-0.1, -0.05) is 64.1 Å². The zero-order valence-electron chi connectivity index (χ0n) is 20.3. The fourth-order valence-electron chi connectivity index (χ4n) is 6.27. The lowest BCUT2D eigenvalue weighted by Crippen LogP contribution is -2.34. The van der Waals surface area contributed by atoms with Crippen molar-refractivity contribution in [3.05, 3.63) is 58.7 Å². The number of ether oxygens (including phenoxy) is 1. The van der Waals surface area contributed by atoms with Gasteiger partial charge in [-0.05, 0) is 104 Å². The van der Waals surface area contributed by atoms with Crippen LogP contribution in [0.15, 0.2) is 36.4 Å². The fourth-order valence-corrected chi connectivity index (χ4v) is 6.27. The van der Waals surface area contributed by atoms with Crippen LogP contribution in [0.5, 0.6) is 0 Å². The standard InChI is InChI=1S/C16H24.C13H18O/c1-11-9-13-14(10-12(11)2)16(5,6)8-7-15(13,3)4;1-13-9-5-4-7-11(13)10-6-2-3-8-12(10)14-13/h9-10H,7-8H2,1-6H3;2-5,10-12H,6-9H2,1H3. The Hall–Kier alpha value is -1.34. The zero-order chi connectivity index (χ0) is 21.7. The molecular formula is C29H42O. The highest BCUT2D eigenvalue weighted by atomic mass is 16.5. The Morgan fingerprint density at radius 1 is 0.733 bits per heavy atom. The number of hydrogen-bond acceptors (Lipinski definition) is 1. The molecule has 1 saturated heterocycles.